The molecule has 1 saturated heterocycles. The van der Waals surface area contributed by atoms with Crippen LogP contribution in [0.15, 0.2) is 30.3 Å². The van der Waals surface area contributed by atoms with Crippen LogP contribution in [-0.2, 0) is 20.9 Å². The summed E-state index contributed by atoms with van der Waals surface area (Å²) in [6, 6.07) is 9.03. The van der Waals surface area contributed by atoms with E-state index in [0.717, 1.165) is 5.56 Å². The van der Waals surface area contributed by atoms with E-state index in [2.05, 4.69) is 0 Å². The smallest absolute Gasteiger partial charge is 0.327 e. The van der Waals surface area contributed by atoms with E-state index < -0.39 is 0 Å². The standard InChI is InChI=1S/C16H20N2O4/c19-10-4-7-15(20)18(13-14-5-2-1-3-6-14)16(21)17-8-11-22-12-9-17/h1-3,5-6,10H,4,7-9,11-13H2. The van der Waals surface area contributed by atoms with Gasteiger partial charge in [-0.1, -0.05) is 30.3 Å². The van der Waals surface area contributed by atoms with Gasteiger partial charge in [-0.15, -0.1) is 0 Å². The molecule has 0 aliphatic carbocycles. The van der Waals surface area contributed by atoms with Crippen molar-refractivity contribution in [3.05, 3.63) is 35.9 Å². The van der Waals surface area contributed by atoms with E-state index >= 15 is 0 Å². The molecule has 3 amide bonds. The molecule has 1 aromatic rings. The molecule has 0 aromatic heterocycles. The molecule has 0 saturated carbocycles. The SMILES string of the molecule is O=CCCC(=O)N(Cc1ccccc1)C(=O)N1CCOCC1. The first-order valence-corrected chi connectivity index (χ1v) is 7.37. The highest BCUT2D eigenvalue weighted by molar-refractivity contribution is 5.95. The first kappa shape index (κ1) is 16.2. The fourth-order valence-corrected chi connectivity index (χ4v) is 2.27. The Labute approximate surface area is 129 Å². The van der Waals surface area contributed by atoms with Crippen LogP contribution in [0, 0.1) is 0 Å². The summed E-state index contributed by atoms with van der Waals surface area (Å²) < 4.78 is 5.23. The second-order valence-electron chi connectivity index (χ2n) is 5.05. The molecular weight excluding hydrogens is 284 g/mol. The maximum atomic E-state index is 12.6. The van der Waals surface area contributed by atoms with Crippen molar-refractivity contribution in [1.82, 2.24) is 9.80 Å². The molecule has 22 heavy (non-hydrogen) atoms. The molecule has 6 heteroatoms. The van der Waals surface area contributed by atoms with Gasteiger partial charge in [-0.05, 0) is 5.56 Å². The topological polar surface area (TPSA) is 66.9 Å². The van der Waals surface area contributed by atoms with Crippen LogP contribution in [0.3, 0.4) is 0 Å². The van der Waals surface area contributed by atoms with Crippen molar-refractivity contribution in [2.75, 3.05) is 26.3 Å². The predicted octanol–water partition coefficient (Wildman–Crippen LogP) is 1.45. The lowest BCUT2D eigenvalue weighted by Gasteiger charge is -2.32. The van der Waals surface area contributed by atoms with E-state index in [0.29, 0.717) is 32.6 Å². The largest absolute Gasteiger partial charge is 0.378 e. The zero-order valence-electron chi connectivity index (χ0n) is 12.4. The number of carbonyl (C=O) groups is 3. The van der Waals surface area contributed by atoms with Crippen molar-refractivity contribution in [2.45, 2.75) is 19.4 Å². The Bertz CT molecular complexity index is 512. The zero-order valence-corrected chi connectivity index (χ0v) is 12.4. The first-order valence-electron chi connectivity index (χ1n) is 7.37. The van der Waals surface area contributed by atoms with Crippen molar-refractivity contribution in [3.63, 3.8) is 0 Å². The second kappa shape index (κ2) is 8.29. The minimum absolute atomic E-state index is 0.0480. The number of hydrogen-bond donors (Lipinski definition) is 0. The van der Waals surface area contributed by atoms with E-state index in [4.69, 9.17) is 4.74 Å². The van der Waals surface area contributed by atoms with Crippen LogP contribution in [0.1, 0.15) is 18.4 Å². The summed E-state index contributed by atoms with van der Waals surface area (Å²) in [5, 5.41) is 0. The Morgan fingerprint density at radius 2 is 1.86 bits per heavy atom. The third-order valence-corrected chi connectivity index (χ3v) is 3.47. The number of carbonyl (C=O) groups excluding carboxylic acids is 3. The van der Waals surface area contributed by atoms with E-state index in [1.54, 1.807) is 4.90 Å². The minimum atomic E-state index is -0.326. The lowest BCUT2D eigenvalue weighted by molar-refractivity contribution is -0.130. The number of nitrogens with zero attached hydrogens (tertiary/aromatic N) is 2. The van der Waals surface area contributed by atoms with Crippen LogP contribution in [0.2, 0.25) is 0 Å². The van der Waals surface area contributed by atoms with Gasteiger partial charge in [0.25, 0.3) is 0 Å². The highest BCUT2D eigenvalue weighted by Crippen LogP contribution is 2.11. The lowest BCUT2D eigenvalue weighted by Crippen LogP contribution is -2.49. The van der Waals surface area contributed by atoms with Crippen LogP contribution in [0.4, 0.5) is 4.79 Å². The highest BCUT2D eigenvalue weighted by atomic mass is 16.5. The number of benzene rings is 1. The van der Waals surface area contributed by atoms with E-state index in [1.165, 1.54) is 4.90 Å². The van der Waals surface area contributed by atoms with Crippen molar-refractivity contribution >= 4 is 18.2 Å². The maximum Gasteiger partial charge on any atom is 0.327 e. The van der Waals surface area contributed by atoms with Crippen molar-refractivity contribution in [1.29, 1.82) is 0 Å². The minimum Gasteiger partial charge on any atom is -0.378 e. The lowest BCUT2D eigenvalue weighted by atomic mass is 10.2. The summed E-state index contributed by atoms with van der Waals surface area (Å²) in [7, 11) is 0. The molecule has 0 N–H and O–H groups in total. The summed E-state index contributed by atoms with van der Waals surface area (Å²) in [4.78, 5) is 38.2. The van der Waals surface area contributed by atoms with Crippen LogP contribution < -0.4 is 0 Å². The molecule has 0 unspecified atom stereocenters. The van der Waals surface area contributed by atoms with Crippen molar-refractivity contribution < 1.29 is 19.1 Å². The average molecular weight is 304 g/mol. The van der Waals surface area contributed by atoms with E-state index in [9.17, 15) is 14.4 Å². The number of amides is 3. The van der Waals surface area contributed by atoms with Crippen LogP contribution >= 0.6 is 0 Å². The highest BCUT2D eigenvalue weighted by Gasteiger charge is 2.27. The fraction of sp³-hybridized carbons (Fsp3) is 0.438. The summed E-state index contributed by atoms with van der Waals surface area (Å²) in [5.41, 5.74) is 0.878. The quantitative estimate of drug-likeness (QED) is 0.772. The maximum absolute atomic E-state index is 12.6. The average Bonchev–Trinajstić information content (AvgIpc) is 2.58. The molecule has 118 valence electrons. The van der Waals surface area contributed by atoms with Crippen molar-refractivity contribution in [3.8, 4) is 0 Å². The number of aldehydes is 1. The van der Waals surface area contributed by atoms with Gasteiger partial charge in [0.15, 0.2) is 0 Å². The van der Waals surface area contributed by atoms with Crippen LogP contribution in [0.5, 0.6) is 0 Å². The van der Waals surface area contributed by atoms with Gasteiger partial charge in [-0.2, -0.15) is 0 Å². The molecule has 0 radical (unpaired) electrons. The first-order chi connectivity index (χ1) is 10.7. The number of imide groups is 1. The molecule has 1 aliphatic rings. The second-order valence-corrected chi connectivity index (χ2v) is 5.05. The molecule has 1 fully saturated rings. The monoisotopic (exact) mass is 304 g/mol. The van der Waals surface area contributed by atoms with Crippen LogP contribution in [-0.4, -0.2) is 54.3 Å². The molecular formula is C16H20N2O4. The Hall–Kier alpha value is -2.21. The Morgan fingerprint density at radius 1 is 1.18 bits per heavy atom. The molecule has 1 heterocycles. The normalized spacial score (nSPS) is 14.5. The number of morpholine rings is 1. The van der Waals surface area contributed by atoms with Gasteiger partial charge >= 0.3 is 6.03 Å². The van der Waals surface area contributed by atoms with Gasteiger partial charge < -0.3 is 14.4 Å². The van der Waals surface area contributed by atoms with Gasteiger partial charge in [-0.3, -0.25) is 9.69 Å². The zero-order chi connectivity index (χ0) is 15.8. The number of urea groups is 1. The number of rotatable bonds is 5. The summed E-state index contributed by atoms with van der Waals surface area (Å²) >= 11 is 0. The summed E-state index contributed by atoms with van der Waals surface area (Å²) in [5.74, 6) is -0.326. The van der Waals surface area contributed by atoms with Gasteiger partial charge in [0.1, 0.15) is 6.29 Å². The Morgan fingerprint density at radius 3 is 2.50 bits per heavy atom. The molecule has 0 atom stereocenters. The van der Waals surface area contributed by atoms with E-state index in [1.807, 2.05) is 30.3 Å². The van der Waals surface area contributed by atoms with Gasteiger partial charge in [-0.25, -0.2) is 4.79 Å². The molecule has 6 nitrogen and oxygen atoms in total. The number of hydrogen-bond acceptors (Lipinski definition) is 4. The third-order valence-electron chi connectivity index (χ3n) is 3.47. The number of ether oxygens (including phenoxy) is 1. The van der Waals surface area contributed by atoms with Gasteiger partial charge in [0.2, 0.25) is 5.91 Å². The Balaban J connectivity index is 2.10. The predicted molar refractivity (Wildman–Crippen MR) is 80.1 cm³/mol. The van der Waals surface area contributed by atoms with Crippen molar-refractivity contribution in [2.24, 2.45) is 0 Å². The molecule has 0 spiro atoms. The van der Waals surface area contributed by atoms with Gasteiger partial charge in [0.05, 0.1) is 19.8 Å². The summed E-state index contributed by atoms with van der Waals surface area (Å²) in [6.07, 6.45) is 0.866. The molecule has 1 aromatic carbocycles. The molecule has 1 aliphatic heterocycles. The van der Waals surface area contributed by atoms with E-state index in [-0.39, 0.29) is 31.3 Å². The summed E-state index contributed by atoms with van der Waals surface area (Å²) in [6.45, 7) is 2.13. The van der Waals surface area contributed by atoms with Crippen LogP contribution in [0.25, 0.3) is 0 Å². The fourth-order valence-electron chi connectivity index (χ4n) is 2.27. The third kappa shape index (κ3) is 4.39. The Kier molecular flexibility index (Phi) is 6.09. The van der Waals surface area contributed by atoms with Gasteiger partial charge in [0, 0.05) is 25.9 Å². The molecule has 0 bridgehead atoms. The molecule has 2 rings (SSSR count).